The minimum absolute atomic E-state index is 0.346. The fraction of sp³-hybridized carbons (Fsp3) is 0.0870. The van der Waals surface area contributed by atoms with E-state index in [0.29, 0.717) is 6.54 Å². The van der Waals surface area contributed by atoms with Crippen molar-refractivity contribution in [3.05, 3.63) is 94.5 Å². The molecule has 1 N–H and O–H groups in total. The molecule has 0 radical (unpaired) electrons. The van der Waals surface area contributed by atoms with E-state index in [1.54, 1.807) is 0 Å². The lowest BCUT2D eigenvalue weighted by Crippen LogP contribution is -2.19. The largest absolute Gasteiger partial charge is 0.294 e. The van der Waals surface area contributed by atoms with Crippen LogP contribution in [0.4, 0.5) is 0 Å². The Hall–Kier alpha value is -2.67. The first-order valence-corrected chi connectivity index (χ1v) is 9.33. The quantitative estimate of drug-likeness (QED) is 0.419. The topological polar surface area (TPSA) is 35.8 Å². The standard InChI is InChI=1S/C23H17BrN2/c24-19-11-9-16(10-12-19)23(14-25)26-15-22-20-7-3-1-5-17(20)13-18-6-2-4-8-21(18)22/h1-13,23,26H,15H2/t23-/m0/s1. The van der Waals surface area contributed by atoms with Crippen LogP contribution in [0.1, 0.15) is 17.2 Å². The average molecular weight is 401 g/mol. The van der Waals surface area contributed by atoms with Crippen molar-refractivity contribution in [2.24, 2.45) is 0 Å². The maximum absolute atomic E-state index is 9.63. The number of fused-ring (bicyclic) bond motifs is 2. The maximum atomic E-state index is 9.63. The van der Waals surface area contributed by atoms with Crippen molar-refractivity contribution in [1.82, 2.24) is 5.32 Å². The van der Waals surface area contributed by atoms with E-state index in [4.69, 9.17) is 0 Å². The van der Waals surface area contributed by atoms with Crippen LogP contribution >= 0.6 is 15.9 Å². The van der Waals surface area contributed by atoms with E-state index in [1.807, 2.05) is 24.3 Å². The van der Waals surface area contributed by atoms with Crippen molar-refractivity contribution < 1.29 is 0 Å². The zero-order valence-corrected chi connectivity index (χ0v) is 15.7. The predicted octanol–water partition coefficient (Wildman–Crippen LogP) is 6.11. The molecule has 0 aromatic heterocycles. The third-order valence-electron chi connectivity index (χ3n) is 4.70. The molecule has 4 aromatic rings. The third kappa shape index (κ3) is 3.22. The Morgan fingerprint density at radius 1 is 0.846 bits per heavy atom. The number of rotatable bonds is 4. The first kappa shape index (κ1) is 16.8. The second-order valence-electron chi connectivity index (χ2n) is 6.29. The van der Waals surface area contributed by atoms with Crippen molar-refractivity contribution in [3.63, 3.8) is 0 Å². The van der Waals surface area contributed by atoms with E-state index in [0.717, 1.165) is 10.0 Å². The van der Waals surface area contributed by atoms with Crippen LogP contribution in [0.2, 0.25) is 0 Å². The van der Waals surface area contributed by atoms with Crippen LogP contribution in [0.5, 0.6) is 0 Å². The lowest BCUT2D eigenvalue weighted by atomic mass is 9.96. The van der Waals surface area contributed by atoms with E-state index in [2.05, 4.69) is 81.9 Å². The average Bonchev–Trinajstić information content (AvgIpc) is 2.69. The third-order valence-corrected chi connectivity index (χ3v) is 5.23. The van der Waals surface area contributed by atoms with Gasteiger partial charge in [0.1, 0.15) is 6.04 Å². The molecule has 0 aliphatic heterocycles. The highest BCUT2D eigenvalue weighted by atomic mass is 79.9. The van der Waals surface area contributed by atoms with Gasteiger partial charge in [0.15, 0.2) is 0 Å². The van der Waals surface area contributed by atoms with Crippen molar-refractivity contribution in [2.75, 3.05) is 0 Å². The van der Waals surface area contributed by atoms with Crippen molar-refractivity contribution in [3.8, 4) is 6.07 Å². The number of nitrogens with one attached hydrogen (secondary N) is 1. The number of hydrogen-bond donors (Lipinski definition) is 1. The minimum Gasteiger partial charge on any atom is -0.294 e. The highest BCUT2D eigenvalue weighted by molar-refractivity contribution is 9.10. The van der Waals surface area contributed by atoms with Gasteiger partial charge in [-0.05, 0) is 50.9 Å². The second-order valence-corrected chi connectivity index (χ2v) is 7.21. The van der Waals surface area contributed by atoms with Gasteiger partial charge in [-0.25, -0.2) is 0 Å². The number of nitrogens with zero attached hydrogens (tertiary/aromatic N) is 1. The molecule has 0 aliphatic rings. The summed E-state index contributed by atoms with van der Waals surface area (Å²) >= 11 is 3.44. The smallest absolute Gasteiger partial charge is 0.121 e. The van der Waals surface area contributed by atoms with Crippen molar-refractivity contribution >= 4 is 37.5 Å². The first-order chi connectivity index (χ1) is 12.8. The van der Waals surface area contributed by atoms with Crippen molar-refractivity contribution in [2.45, 2.75) is 12.6 Å². The fourth-order valence-electron chi connectivity index (χ4n) is 3.40. The molecule has 0 bridgehead atoms. The summed E-state index contributed by atoms with van der Waals surface area (Å²) in [4.78, 5) is 0. The van der Waals surface area contributed by atoms with Gasteiger partial charge in [0.05, 0.1) is 6.07 Å². The molecule has 0 amide bonds. The van der Waals surface area contributed by atoms with Gasteiger partial charge in [0, 0.05) is 11.0 Å². The lowest BCUT2D eigenvalue weighted by molar-refractivity contribution is 0.635. The highest BCUT2D eigenvalue weighted by Gasteiger charge is 2.12. The Bertz CT molecular complexity index is 1060. The maximum Gasteiger partial charge on any atom is 0.121 e. The number of hydrogen-bond acceptors (Lipinski definition) is 2. The van der Waals surface area contributed by atoms with Gasteiger partial charge in [-0.2, -0.15) is 5.26 Å². The van der Waals surface area contributed by atoms with Gasteiger partial charge >= 0.3 is 0 Å². The van der Waals surface area contributed by atoms with E-state index < -0.39 is 0 Å². The summed E-state index contributed by atoms with van der Waals surface area (Å²) in [5.41, 5.74) is 2.20. The van der Waals surface area contributed by atoms with Gasteiger partial charge in [-0.15, -0.1) is 0 Å². The summed E-state index contributed by atoms with van der Waals surface area (Å²) < 4.78 is 1.01. The molecule has 0 fully saturated rings. The van der Waals surface area contributed by atoms with Crippen LogP contribution in [-0.4, -0.2) is 0 Å². The van der Waals surface area contributed by atoms with Crippen LogP contribution in [0.25, 0.3) is 21.5 Å². The van der Waals surface area contributed by atoms with Gasteiger partial charge in [-0.1, -0.05) is 76.6 Å². The fourth-order valence-corrected chi connectivity index (χ4v) is 3.66. The molecule has 0 unspecified atom stereocenters. The monoisotopic (exact) mass is 400 g/mol. The number of nitriles is 1. The molecule has 0 saturated carbocycles. The molecule has 4 rings (SSSR count). The van der Waals surface area contributed by atoms with Gasteiger partial charge in [0.2, 0.25) is 0 Å². The highest BCUT2D eigenvalue weighted by Crippen LogP contribution is 2.29. The van der Waals surface area contributed by atoms with Crippen molar-refractivity contribution in [1.29, 1.82) is 5.26 Å². The Labute approximate surface area is 161 Å². The number of halogens is 1. The normalized spacial score (nSPS) is 12.2. The summed E-state index contributed by atoms with van der Waals surface area (Å²) in [7, 11) is 0. The van der Waals surface area contributed by atoms with Crippen LogP contribution in [0.15, 0.2) is 83.3 Å². The van der Waals surface area contributed by atoms with E-state index in [9.17, 15) is 5.26 Å². The molecule has 26 heavy (non-hydrogen) atoms. The minimum atomic E-state index is -0.346. The lowest BCUT2D eigenvalue weighted by Gasteiger charge is -2.16. The summed E-state index contributed by atoms with van der Waals surface area (Å²) in [6, 6.07) is 29.0. The summed E-state index contributed by atoms with van der Waals surface area (Å²) in [6.45, 7) is 0.635. The number of benzene rings is 4. The molecule has 4 aromatic carbocycles. The second kappa shape index (κ2) is 7.29. The molecule has 0 aliphatic carbocycles. The first-order valence-electron chi connectivity index (χ1n) is 8.54. The zero-order valence-electron chi connectivity index (χ0n) is 14.1. The SMILES string of the molecule is N#C[C@H](NCc1c2ccccc2cc2ccccc12)c1ccc(Br)cc1. The summed E-state index contributed by atoms with van der Waals surface area (Å²) in [6.07, 6.45) is 0. The van der Waals surface area contributed by atoms with E-state index >= 15 is 0 Å². The Kier molecular flexibility index (Phi) is 4.71. The molecule has 1 atom stereocenters. The molecule has 126 valence electrons. The van der Waals surface area contributed by atoms with E-state index in [-0.39, 0.29) is 6.04 Å². The predicted molar refractivity (Wildman–Crippen MR) is 111 cm³/mol. The van der Waals surface area contributed by atoms with E-state index in [1.165, 1.54) is 27.1 Å². The Morgan fingerprint density at radius 2 is 1.42 bits per heavy atom. The molecular weight excluding hydrogens is 384 g/mol. The van der Waals surface area contributed by atoms with Gasteiger partial charge in [-0.3, -0.25) is 5.32 Å². The Balaban J connectivity index is 1.73. The van der Waals surface area contributed by atoms with Crippen LogP contribution in [0, 0.1) is 11.3 Å². The molecule has 3 heteroatoms. The molecule has 0 saturated heterocycles. The van der Waals surface area contributed by atoms with Gasteiger partial charge in [0.25, 0.3) is 0 Å². The van der Waals surface area contributed by atoms with Gasteiger partial charge < -0.3 is 0 Å². The summed E-state index contributed by atoms with van der Waals surface area (Å²) in [5.74, 6) is 0. The Morgan fingerprint density at radius 3 is 2.00 bits per heavy atom. The molecule has 0 heterocycles. The molecule has 0 spiro atoms. The zero-order chi connectivity index (χ0) is 17.9. The van der Waals surface area contributed by atoms with Crippen LogP contribution in [-0.2, 0) is 6.54 Å². The van der Waals surface area contributed by atoms with Crippen LogP contribution in [0.3, 0.4) is 0 Å². The van der Waals surface area contributed by atoms with Crippen LogP contribution < -0.4 is 5.32 Å². The summed E-state index contributed by atoms with van der Waals surface area (Å²) in [5, 5.41) is 18.0. The molecule has 2 nitrogen and oxygen atoms in total. The molecular formula is C23H17BrN2.